The number of hydrogen-bond acceptors (Lipinski definition) is 3. The maximum Gasteiger partial charge on any atom is 0.123 e. The van der Waals surface area contributed by atoms with Gasteiger partial charge in [0.25, 0.3) is 0 Å². The van der Waals surface area contributed by atoms with Crippen molar-refractivity contribution in [2.75, 3.05) is 6.54 Å². The highest BCUT2D eigenvalue weighted by molar-refractivity contribution is 7.09. The molecular weight excluding hydrogens is 259 g/mol. The Balaban J connectivity index is 1.93. The minimum Gasteiger partial charge on any atom is -0.314 e. The number of halogens is 1. The molecule has 0 fully saturated rings. The molecule has 1 unspecified atom stereocenters. The first-order valence-corrected chi connectivity index (χ1v) is 7.50. The summed E-state index contributed by atoms with van der Waals surface area (Å²) in [6, 6.07) is 7.03. The van der Waals surface area contributed by atoms with Crippen LogP contribution in [0.25, 0.3) is 11.3 Å². The lowest BCUT2D eigenvalue weighted by atomic mass is 10.2. The van der Waals surface area contributed by atoms with Gasteiger partial charge in [0, 0.05) is 30.0 Å². The topological polar surface area (TPSA) is 24.9 Å². The molecule has 0 aliphatic heterocycles. The van der Waals surface area contributed by atoms with Crippen LogP contribution in [0.3, 0.4) is 0 Å². The van der Waals surface area contributed by atoms with Gasteiger partial charge in [-0.1, -0.05) is 6.92 Å². The summed E-state index contributed by atoms with van der Waals surface area (Å²) >= 11 is 1.66. The number of nitrogens with one attached hydrogen (secondary N) is 1. The molecule has 1 aromatic carbocycles. The average Bonchev–Trinajstić information content (AvgIpc) is 2.88. The molecular formula is C15H19FN2S. The van der Waals surface area contributed by atoms with Gasteiger partial charge in [-0.25, -0.2) is 9.37 Å². The standard InChI is InChI=1S/C15H19FN2S/c1-3-11(2)17-9-8-15-18-14(10-19-15)12-4-6-13(16)7-5-12/h4-7,10-11,17H,3,8-9H2,1-2H3. The number of rotatable bonds is 6. The first kappa shape index (κ1) is 14.2. The van der Waals surface area contributed by atoms with Crippen LogP contribution in [-0.4, -0.2) is 17.6 Å². The number of aromatic nitrogens is 1. The predicted octanol–water partition coefficient (Wildman–Crippen LogP) is 3.88. The van der Waals surface area contributed by atoms with Crippen LogP contribution in [0.4, 0.5) is 4.39 Å². The van der Waals surface area contributed by atoms with Crippen LogP contribution in [0.15, 0.2) is 29.6 Å². The fourth-order valence-corrected chi connectivity index (χ4v) is 2.56. The molecule has 2 nitrogen and oxygen atoms in total. The average molecular weight is 278 g/mol. The highest BCUT2D eigenvalue weighted by Crippen LogP contribution is 2.22. The van der Waals surface area contributed by atoms with Gasteiger partial charge in [-0.3, -0.25) is 0 Å². The molecule has 4 heteroatoms. The van der Waals surface area contributed by atoms with Gasteiger partial charge in [-0.15, -0.1) is 11.3 Å². The molecule has 0 spiro atoms. The van der Waals surface area contributed by atoms with Crippen LogP contribution in [-0.2, 0) is 6.42 Å². The molecule has 1 heterocycles. The van der Waals surface area contributed by atoms with Crippen molar-refractivity contribution in [1.82, 2.24) is 10.3 Å². The Kier molecular flexibility index (Phi) is 5.05. The molecule has 0 aliphatic rings. The Labute approximate surface area is 117 Å². The number of nitrogens with zero attached hydrogens (tertiary/aromatic N) is 1. The van der Waals surface area contributed by atoms with Gasteiger partial charge in [0.15, 0.2) is 0 Å². The third kappa shape index (κ3) is 4.11. The number of hydrogen-bond donors (Lipinski definition) is 1. The summed E-state index contributed by atoms with van der Waals surface area (Å²) in [4.78, 5) is 4.59. The Morgan fingerprint density at radius 1 is 1.32 bits per heavy atom. The lowest BCUT2D eigenvalue weighted by Gasteiger charge is -2.09. The van der Waals surface area contributed by atoms with E-state index in [4.69, 9.17) is 0 Å². The lowest BCUT2D eigenvalue weighted by Crippen LogP contribution is -2.27. The quantitative estimate of drug-likeness (QED) is 0.867. The predicted molar refractivity (Wildman–Crippen MR) is 79.0 cm³/mol. The van der Waals surface area contributed by atoms with Crippen molar-refractivity contribution < 1.29 is 4.39 Å². The Morgan fingerprint density at radius 2 is 2.05 bits per heavy atom. The molecule has 0 aliphatic carbocycles. The molecule has 19 heavy (non-hydrogen) atoms. The van der Waals surface area contributed by atoms with Crippen LogP contribution in [0.2, 0.25) is 0 Å². The number of thiazole rings is 1. The van der Waals surface area contributed by atoms with Crippen LogP contribution < -0.4 is 5.32 Å². The summed E-state index contributed by atoms with van der Waals surface area (Å²) in [7, 11) is 0. The van der Waals surface area contributed by atoms with Crippen LogP contribution in [0.1, 0.15) is 25.3 Å². The summed E-state index contributed by atoms with van der Waals surface area (Å²) in [5, 5.41) is 6.61. The van der Waals surface area contributed by atoms with Crippen molar-refractivity contribution >= 4 is 11.3 Å². The second-order valence-electron chi connectivity index (χ2n) is 4.65. The molecule has 1 aromatic heterocycles. The minimum absolute atomic E-state index is 0.211. The van der Waals surface area contributed by atoms with E-state index in [0.29, 0.717) is 6.04 Å². The van der Waals surface area contributed by atoms with E-state index in [0.717, 1.165) is 35.7 Å². The van der Waals surface area contributed by atoms with E-state index in [1.807, 2.05) is 5.38 Å². The SMILES string of the molecule is CCC(C)NCCc1nc(-c2ccc(F)cc2)cs1. The number of benzene rings is 1. The molecule has 2 rings (SSSR count). The van der Waals surface area contributed by atoms with Gasteiger partial charge >= 0.3 is 0 Å². The molecule has 102 valence electrons. The van der Waals surface area contributed by atoms with Gasteiger partial charge in [0.1, 0.15) is 5.82 Å². The summed E-state index contributed by atoms with van der Waals surface area (Å²) in [6.07, 6.45) is 2.08. The van der Waals surface area contributed by atoms with Crippen molar-refractivity contribution in [3.63, 3.8) is 0 Å². The fraction of sp³-hybridized carbons (Fsp3) is 0.400. The van der Waals surface area contributed by atoms with Gasteiger partial charge in [-0.05, 0) is 37.6 Å². The lowest BCUT2D eigenvalue weighted by molar-refractivity contribution is 0.537. The van der Waals surface area contributed by atoms with Crippen molar-refractivity contribution in [2.45, 2.75) is 32.7 Å². The van der Waals surface area contributed by atoms with Gasteiger partial charge in [-0.2, -0.15) is 0 Å². The van der Waals surface area contributed by atoms with Gasteiger partial charge in [0.2, 0.25) is 0 Å². The third-order valence-electron chi connectivity index (χ3n) is 3.14. The summed E-state index contributed by atoms with van der Waals surface area (Å²) in [5.41, 5.74) is 1.90. The highest BCUT2D eigenvalue weighted by atomic mass is 32.1. The first-order chi connectivity index (χ1) is 9.19. The zero-order valence-electron chi connectivity index (χ0n) is 11.3. The maximum absolute atomic E-state index is 12.9. The third-order valence-corrected chi connectivity index (χ3v) is 4.04. The normalized spacial score (nSPS) is 12.6. The summed E-state index contributed by atoms with van der Waals surface area (Å²) in [5.74, 6) is -0.211. The minimum atomic E-state index is -0.211. The van der Waals surface area contributed by atoms with E-state index in [1.165, 1.54) is 12.1 Å². The fourth-order valence-electron chi connectivity index (χ4n) is 1.75. The van der Waals surface area contributed by atoms with Crippen molar-refractivity contribution in [3.05, 3.63) is 40.5 Å². The maximum atomic E-state index is 12.9. The molecule has 0 bridgehead atoms. The zero-order valence-corrected chi connectivity index (χ0v) is 12.1. The molecule has 1 atom stereocenters. The van der Waals surface area contributed by atoms with Crippen molar-refractivity contribution in [2.24, 2.45) is 0 Å². The second kappa shape index (κ2) is 6.78. The van der Waals surface area contributed by atoms with E-state index in [9.17, 15) is 4.39 Å². The summed E-state index contributed by atoms with van der Waals surface area (Å²) in [6.45, 7) is 5.31. The van der Waals surface area contributed by atoms with Gasteiger partial charge < -0.3 is 5.32 Å². The van der Waals surface area contributed by atoms with Crippen LogP contribution >= 0.6 is 11.3 Å². The molecule has 0 saturated carbocycles. The van der Waals surface area contributed by atoms with E-state index in [1.54, 1.807) is 23.5 Å². The van der Waals surface area contributed by atoms with E-state index in [-0.39, 0.29) is 5.82 Å². The molecule has 0 amide bonds. The second-order valence-corrected chi connectivity index (χ2v) is 5.59. The van der Waals surface area contributed by atoms with Crippen LogP contribution in [0.5, 0.6) is 0 Å². The van der Waals surface area contributed by atoms with E-state index >= 15 is 0 Å². The zero-order chi connectivity index (χ0) is 13.7. The Hall–Kier alpha value is -1.26. The molecule has 0 radical (unpaired) electrons. The molecule has 1 N–H and O–H groups in total. The molecule has 2 aromatic rings. The first-order valence-electron chi connectivity index (χ1n) is 6.62. The largest absolute Gasteiger partial charge is 0.314 e. The monoisotopic (exact) mass is 278 g/mol. The smallest absolute Gasteiger partial charge is 0.123 e. The Bertz CT molecular complexity index is 507. The highest BCUT2D eigenvalue weighted by Gasteiger charge is 2.05. The van der Waals surface area contributed by atoms with Crippen molar-refractivity contribution in [3.8, 4) is 11.3 Å². The van der Waals surface area contributed by atoms with Gasteiger partial charge in [0.05, 0.1) is 10.7 Å². The van der Waals surface area contributed by atoms with E-state index < -0.39 is 0 Å². The van der Waals surface area contributed by atoms with Crippen LogP contribution in [0, 0.1) is 5.82 Å². The summed E-state index contributed by atoms with van der Waals surface area (Å²) < 4.78 is 12.9. The Morgan fingerprint density at radius 3 is 2.74 bits per heavy atom. The molecule has 0 saturated heterocycles. The van der Waals surface area contributed by atoms with Crippen molar-refractivity contribution in [1.29, 1.82) is 0 Å². The van der Waals surface area contributed by atoms with E-state index in [2.05, 4.69) is 24.1 Å².